The second-order valence-corrected chi connectivity index (χ2v) is 6.92. The van der Waals surface area contributed by atoms with Crippen LogP contribution >= 0.6 is 0 Å². The molecule has 0 spiro atoms. The molecule has 2 nitrogen and oxygen atoms in total. The third kappa shape index (κ3) is 6.09. The number of hydrogen-bond donors (Lipinski definition) is 0. The fourth-order valence-electron chi connectivity index (χ4n) is 3.17. The third-order valence-electron chi connectivity index (χ3n) is 4.56. The molecule has 0 bridgehead atoms. The monoisotopic (exact) mass is 448 g/mol. The lowest BCUT2D eigenvalue weighted by Gasteiger charge is -2.14. The summed E-state index contributed by atoms with van der Waals surface area (Å²) in [6.07, 6.45) is -3.53. The van der Waals surface area contributed by atoms with E-state index in [0.29, 0.717) is 23.6 Å². The molecule has 168 valence electrons. The van der Waals surface area contributed by atoms with E-state index < -0.39 is 34.7 Å². The lowest BCUT2D eigenvalue weighted by Crippen LogP contribution is -2.12. The zero-order valence-electron chi connectivity index (χ0n) is 17.3. The van der Waals surface area contributed by atoms with Gasteiger partial charge in [0.1, 0.15) is 11.5 Å². The zero-order valence-corrected chi connectivity index (χ0v) is 17.3. The maximum absolute atomic E-state index is 14.1. The van der Waals surface area contributed by atoms with Crippen molar-refractivity contribution < 1.29 is 31.4 Å². The van der Waals surface area contributed by atoms with Crippen LogP contribution in [0.5, 0.6) is 17.2 Å². The fraction of sp³-hybridized carbons (Fsp3) is 0.200. The molecule has 3 aromatic carbocycles. The van der Waals surface area contributed by atoms with Crippen LogP contribution in [0.2, 0.25) is 0 Å². The highest BCUT2D eigenvalue weighted by molar-refractivity contribution is 5.70. The van der Waals surface area contributed by atoms with Gasteiger partial charge in [0.05, 0.1) is 12.2 Å². The summed E-state index contributed by atoms with van der Waals surface area (Å²) in [5.41, 5.74) is -0.924. The molecule has 0 aliphatic carbocycles. The Labute approximate surface area is 182 Å². The summed E-state index contributed by atoms with van der Waals surface area (Å²) in [6.45, 7) is 1.51. The predicted octanol–water partition coefficient (Wildman–Crippen LogP) is 7.73. The molecule has 0 heterocycles. The average molecular weight is 448 g/mol. The van der Waals surface area contributed by atoms with E-state index in [9.17, 15) is 22.0 Å². The molecule has 0 N–H and O–H groups in total. The summed E-state index contributed by atoms with van der Waals surface area (Å²) in [5, 5.41) is 0. The van der Waals surface area contributed by atoms with Gasteiger partial charge in [0.2, 0.25) is 0 Å². The smallest absolute Gasteiger partial charge is 0.416 e. The highest BCUT2D eigenvalue weighted by Gasteiger charge is 2.35. The molecule has 0 aromatic heterocycles. The van der Waals surface area contributed by atoms with Crippen LogP contribution in [0, 0.1) is 11.6 Å². The van der Waals surface area contributed by atoms with Gasteiger partial charge in [0.15, 0.2) is 17.4 Å². The second-order valence-electron chi connectivity index (χ2n) is 6.92. The number of para-hydroxylation sites is 1. The Morgan fingerprint density at radius 2 is 1.53 bits per heavy atom. The Balaban J connectivity index is 1.78. The minimum Gasteiger partial charge on any atom is -0.488 e. The maximum atomic E-state index is 14.1. The molecule has 0 saturated heterocycles. The van der Waals surface area contributed by atoms with Crippen molar-refractivity contribution in [1.29, 1.82) is 0 Å². The van der Waals surface area contributed by atoms with Crippen LogP contribution < -0.4 is 9.47 Å². The van der Waals surface area contributed by atoms with Gasteiger partial charge in [-0.1, -0.05) is 36.4 Å². The Morgan fingerprint density at radius 3 is 2.16 bits per heavy atom. The summed E-state index contributed by atoms with van der Waals surface area (Å²) in [4.78, 5) is 0. The Bertz CT molecular complexity index is 1050. The number of halogens is 5. The van der Waals surface area contributed by atoms with Crippen LogP contribution in [-0.4, -0.2) is 12.8 Å². The maximum Gasteiger partial charge on any atom is 0.416 e. The molecular weight excluding hydrogens is 427 g/mol. The molecule has 0 fully saturated rings. The molecule has 0 aliphatic rings. The summed E-state index contributed by atoms with van der Waals surface area (Å²) < 4.78 is 79.5. The molecule has 3 rings (SSSR count). The van der Waals surface area contributed by atoms with Gasteiger partial charge in [0, 0.05) is 0 Å². The minimum atomic E-state index is -4.77. The van der Waals surface area contributed by atoms with Crippen LogP contribution in [0.1, 0.15) is 24.5 Å². The summed E-state index contributed by atoms with van der Waals surface area (Å²) >= 11 is 0. The molecule has 0 unspecified atom stereocenters. The number of rotatable bonds is 8. The van der Waals surface area contributed by atoms with Gasteiger partial charge in [-0.25, -0.2) is 8.78 Å². The van der Waals surface area contributed by atoms with Gasteiger partial charge in [-0.3, -0.25) is 0 Å². The van der Waals surface area contributed by atoms with Gasteiger partial charge < -0.3 is 9.47 Å². The number of benzene rings is 3. The molecule has 0 radical (unpaired) electrons. The molecule has 0 saturated carbocycles. The molecule has 32 heavy (non-hydrogen) atoms. The van der Waals surface area contributed by atoms with Crippen LogP contribution in [-0.2, 0) is 6.42 Å². The van der Waals surface area contributed by atoms with Crippen molar-refractivity contribution in [2.24, 2.45) is 0 Å². The quantitative estimate of drug-likeness (QED) is 0.328. The molecule has 7 heteroatoms. The van der Waals surface area contributed by atoms with Crippen LogP contribution in [0.3, 0.4) is 0 Å². The normalized spacial score (nSPS) is 12.0. The van der Waals surface area contributed by atoms with Crippen LogP contribution in [0.25, 0.3) is 5.57 Å². The van der Waals surface area contributed by atoms with Crippen molar-refractivity contribution >= 4 is 5.57 Å². The van der Waals surface area contributed by atoms with Gasteiger partial charge in [-0.15, -0.1) is 0 Å². The van der Waals surface area contributed by atoms with E-state index in [-0.39, 0.29) is 19.4 Å². The standard InChI is InChI=1S/C25H21F5O2/c1-2-31-24-22(26)15-18(16-23(24)27)21(25(28,29)30)13-7-9-17-8-6-12-20(14-17)32-19-10-4-3-5-11-19/h3-6,8,10-16H,2,7,9H2,1H3/b21-13+. The topological polar surface area (TPSA) is 18.5 Å². The SMILES string of the molecule is CCOc1c(F)cc(/C(=C\CCc2cccc(Oc3ccccc3)c2)C(F)(F)F)cc1F. The predicted molar refractivity (Wildman–Crippen MR) is 113 cm³/mol. The Kier molecular flexibility index (Phi) is 7.51. The number of ether oxygens (including phenoxy) is 2. The second kappa shape index (κ2) is 10.3. The third-order valence-corrected chi connectivity index (χ3v) is 4.56. The highest BCUT2D eigenvalue weighted by Crippen LogP contribution is 2.37. The van der Waals surface area contributed by atoms with E-state index in [4.69, 9.17) is 9.47 Å². The van der Waals surface area contributed by atoms with Crippen molar-refractivity contribution in [3.8, 4) is 17.2 Å². The van der Waals surface area contributed by atoms with Crippen LogP contribution in [0.15, 0.2) is 72.8 Å². The summed E-state index contributed by atoms with van der Waals surface area (Å²) in [7, 11) is 0. The lowest BCUT2D eigenvalue weighted by atomic mass is 10.0. The van der Waals surface area contributed by atoms with Gasteiger partial charge in [0.25, 0.3) is 0 Å². The van der Waals surface area contributed by atoms with E-state index in [1.54, 1.807) is 36.4 Å². The minimum absolute atomic E-state index is 0.0117. The highest BCUT2D eigenvalue weighted by atomic mass is 19.4. The van der Waals surface area contributed by atoms with Crippen molar-refractivity contribution in [1.82, 2.24) is 0 Å². The first kappa shape index (κ1) is 23.3. The Hall–Kier alpha value is -3.35. The number of allylic oxidation sites excluding steroid dienone is 2. The van der Waals surface area contributed by atoms with E-state index in [2.05, 4.69) is 0 Å². The number of aryl methyl sites for hydroxylation is 1. The molecule has 0 amide bonds. The van der Waals surface area contributed by atoms with E-state index in [1.165, 1.54) is 6.92 Å². The lowest BCUT2D eigenvalue weighted by molar-refractivity contribution is -0.0691. The zero-order chi connectivity index (χ0) is 23.1. The molecule has 3 aromatic rings. The largest absolute Gasteiger partial charge is 0.488 e. The Morgan fingerprint density at radius 1 is 0.875 bits per heavy atom. The van der Waals surface area contributed by atoms with E-state index >= 15 is 0 Å². The fourth-order valence-corrected chi connectivity index (χ4v) is 3.17. The van der Waals surface area contributed by atoms with Gasteiger partial charge in [-0.2, -0.15) is 13.2 Å². The molecule has 0 aliphatic heterocycles. The first-order valence-corrected chi connectivity index (χ1v) is 9.99. The van der Waals surface area contributed by atoms with Crippen LogP contribution in [0.4, 0.5) is 22.0 Å². The number of hydrogen-bond acceptors (Lipinski definition) is 2. The molecular formula is C25H21F5O2. The van der Waals surface area contributed by atoms with Crippen molar-refractivity contribution in [3.05, 3.63) is 95.6 Å². The van der Waals surface area contributed by atoms with Crippen molar-refractivity contribution in [2.45, 2.75) is 25.9 Å². The van der Waals surface area contributed by atoms with Gasteiger partial charge in [-0.05, 0) is 67.3 Å². The summed E-state index contributed by atoms with van der Waals surface area (Å²) in [5.74, 6) is -1.84. The first-order chi connectivity index (χ1) is 15.3. The van der Waals surface area contributed by atoms with E-state index in [0.717, 1.165) is 11.6 Å². The molecule has 0 atom stereocenters. The van der Waals surface area contributed by atoms with Crippen molar-refractivity contribution in [3.63, 3.8) is 0 Å². The van der Waals surface area contributed by atoms with E-state index in [1.807, 2.05) is 18.2 Å². The summed E-state index contributed by atoms with van der Waals surface area (Å²) in [6, 6.07) is 17.4. The number of alkyl halides is 3. The van der Waals surface area contributed by atoms with Crippen molar-refractivity contribution in [2.75, 3.05) is 6.61 Å². The average Bonchev–Trinajstić information content (AvgIpc) is 2.74. The first-order valence-electron chi connectivity index (χ1n) is 9.99. The van der Waals surface area contributed by atoms with Gasteiger partial charge >= 0.3 is 6.18 Å².